The number of carbonyl (C=O) groups excluding carboxylic acids is 3. The van der Waals surface area contributed by atoms with E-state index < -0.39 is 0 Å². The second-order valence-electron chi connectivity index (χ2n) is 7.27. The summed E-state index contributed by atoms with van der Waals surface area (Å²) in [6, 6.07) is 12.9. The minimum Gasteiger partial charge on any atom is -0.326 e. The average molecular weight is 380 g/mol. The number of rotatable bonds is 7. The second-order valence-corrected chi connectivity index (χ2v) is 7.27. The van der Waals surface area contributed by atoms with E-state index in [0.29, 0.717) is 17.2 Å². The lowest BCUT2D eigenvalue weighted by Crippen LogP contribution is -2.32. The number of para-hydroxylation sites is 1. The van der Waals surface area contributed by atoms with Gasteiger partial charge in [-0.2, -0.15) is 0 Å². The molecule has 2 rings (SSSR count). The fourth-order valence-electron chi connectivity index (χ4n) is 3.12. The van der Waals surface area contributed by atoms with Crippen LogP contribution in [-0.4, -0.2) is 24.1 Å². The monoisotopic (exact) mass is 380 g/mol. The average Bonchev–Trinajstić information content (AvgIpc) is 2.63. The van der Waals surface area contributed by atoms with Crippen LogP contribution in [0.4, 0.5) is 11.4 Å². The quantitative estimate of drug-likeness (QED) is 0.708. The molecular formula is C23H28N2O3. The van der Waals surface area contributed by atoms with E-state index in [9.17, 15) is 14.4 Å². The number of nitrogens with zero attached hydrogens (tertiary/aromatic N) is 1. The molecule has 0 aromatic heterocycles. The summed E-state index contributed by atoms with van der Waals surface area (Å²) >= 11 is 0. The van der Waals surface area contributed by atoms with Gasteiger partial charge in [-0.3, -0.25) is 14.4 Å². The number of Topliss-reactive ketones (excluding diaryl/α,β-unsaturated/α-hetero) is 1. The first-order valence-electron chi connectivity index (χ1n) is 9.49. The smallest absolute Gasteiger partial charge is 0.226 e. The molecule has 2 aromatic carbocycles. The molecule has 0 bridgehead atoms. The molecule has 0 heterocycles. The standard InChI is InChI=1S/C23H28N2O3/c1-15(2)21-11-6-8-16(3)23(21)24-22(28)12-13-25(18(5)27)20-10-7-9-19(14-20)17(4)26/h6-11,14-15H,12-13H2,1-5H3,(H,24,28). The van der Waals surface area contributed by atoms with Crippen molar-refractivity contribution in [1.82, 2.24) is 0 Å². The summed E-state index contributed by atoms with van der Waals surface area (Å²) in [6.45, 7) is 9.33. The minimum absolute atomic E-state index is 0.0659. The van der Waals surface area contributed by atoms with Crippen LogP contribution in [0.2, 0.25) is 0 Å². The van der Waals surface area contributed by atoms with Gasteiger partial charge in [-0.15, -0.1) is 0 Å². The van der Waals surface area contributed by atoms with Crippen molar-refractivity contribution in [3.8, 4) is 0 Å². The molecule has 0 aliphatic rings. The highest BCUT2D eigenvalue weighted by Gasteiger charge is 2.16. The van der Waals surface area contributed by atoms with Crippen LogP contribution in [0.15, 0.2) is 42.5 Å². The van der Waals surface area contributed by atoms with Gasteiger partial charge in [0.05, 0.1) is 0 Å². The van der Waals surface area contributed by atoms with Gasteiger partial charge in [0.2, 0.25) is 11.8 Å². The largest absolute Gasteiger partial charge is 0.326 e. The molecule has 28 heavy (non-hydrogen) atoms. The summed E-state index contributed by atoms with van der Waals surface area (Å²) in [4.78, 5) is 37.8. The van der Waals surface area contributed by atoms with Crippen molar-refractivity contribution in [2.24, 2.45) is 0 Å². The van der Waals surface area contributed by atoms with E-state index in [1.165, 1.54) is 18.7 Å². The highest BCUT2D eigenvalue weighted by Crippen LogP contribution is 2.27. The Kier molecular flexibility index (Phi) is 7.10. The molecule has 0 spiro atoms. The van der Waals surface area contributed by atoms with Gasteiger partial charge in [0.15, 0.2) is 5.78 Å². The van der Waals surface area contributed by atoms with E-state index in [-0.39, 0.29) is 30.6 Å². The Hall–Kier alpha value is -2.95. The fourth-order valence-corrected chi connectivity index (χ4v) is 3.12. The van der Waals surface area contributed by atoms with Crippen molar-refractivity contribution in [3.63, 3.8) is 0 Å². The van der Waals surface area contributed by atoms with Gasteiger partial charge in [0.25, 0.3) is 0 Å². The summed E-state index contributed by atoms with van der Waals surface area (Å²) in [7, 11) is 0. The van der Waals surface area contributed by atoms with Crippen molar-refractivity contribution in [2.75, 3.05) is 16.8 Å². The first-order valence-corrected chi connectivity index (χ1v) is 9.49. The topological polar surface area (TPSA) is 66.5 Å². The van der Waals surface area contributed by atoms with E-state index in [0.717, 1.165) is 16.8 Å². The predicted molar refractivity (Wildman–Crippen MR) is 113 cm³/mol. The normalized spacial score (nSPS) is 10.6. The highest BCUT2D eigenvalue weighted by atomic mass is 16.2. The number of anilines is 2. The number of benzene rings is 2. The number of ketones is 1. The van der Waals surface area contributed by atoms with Gasteiger partial charge in [-0.1, -0.05) is 44.2 Å². The molecule has 0 atom stereocenters. The van der Waals surface area contributed by atoms with Crippen LogP contribution in [-0.2, 0) is 9.59 Å². The van der Waals surface area contributed by atoms with E-state index in [1.54, 1.807) is 24.3 Å². The molecule has 2 aromatic rings. The summed E-state index contributed by atoms with van der Waals surface area (Å²) in [5.41, 5.74) is 4.10. The predicted octanol–water partition coefficient (Wildman–Crippen LogP) is 4.70. The Bertz CT molecular complexity index is 887. The van der Waals surface area contributed by atoms with Crippen LogP contribution in [0.25, 0.3) is 0 Å². The first kappa shape index (κ1) is 21.4. The van der Waals surface area contributed by atoms with Gasteiger partial charge < -0.3 is 10.2 Å². The number of hydrogen-bond acceptors (Lipinski definition) is 3. The SMILES string of the molecule is CC(=O)c1cccc(N(CCC(=O)Nc2c(C)cccc2C(C)C)C(C)=O)c1. The van der Waals surface area contributed by atoms with Gasteiger partial charge in [0.1, 0.15) is 0 Å². The zero-order valence-electron chi connectivity index (χ0n) is 17.2. The Morgan fingerprint density at radius 2 is 1.71 bits per heavy atom. The number of carbonyl (C=O) groups is 3. The zero-order chi connectivity index (χ0) is 20.8. The van der Waals surface area contributed by atoms with Crippen molar-refractivity contribution in [2.45, 2.75) is 47.0 Å². The summed E-state index contributed by atoms with van der Waals surface area (Å²) in [5, 5.41) is 3.00. The molecule has 148 valence electrons. The van der Waals surface area contributed by atoms with Crippen LogP contribution in [0, 0.1) is 6.92 Å². The summed E-state index contributed by atoms with van der Waals surface area (Å²) < 4.78 is 0. The van der Waals surface area contributed by atoms with E-state index >= 15 is 0 Å². The number of hydrogen-bond donors (Lipinski definition) is 1. The maximum Gasteiger partial charge on any atom is 0.226 e. The number of aryl methyl sites for hydroxylation is 1. The molecule has 0 saturated carbocycles. The van der Waals surface area contributed by atoms with Crippen LogP contribution in [0.3, 0.4) is 0 Å². The van der Waals surface area contributed by atoms with E-state index in [1.807, 2.05) is 25.1 Å². The van der Waals surface area contributed by atoms with E-state index in [2.05, 4.69) is 19.2 Å². The van der Waals surface area contributed by atoms with Crippen LogP contribution in [0.1, 0.15) is 61.5 Å². The molecule has 1 N–H and O–H groups in total. The van der Waals surface area contributed by atoms with Gasteiger partial charge >= 0.3 is 0 Å². The Morgan fingerprint density at radius 3 is 2.32 bits per heavy atom. The number of nitrogens with one attached hydrogen (secondary N) is 1. The van der Waals surface area contributed by atoms with Gasteiger partial charge in [-0.05, 0) is 43.0 Å². The lowest BCUT2D eigenvalue weighted by atomic mass is 9.98. The molecule has 0 fully saturated rings. The lowest BCUT2D eigenvalue weighted by molar-refractivity contribution is -0.117. The van der Waals surface area contributed by atoms with Crippen molar-refractivity contribution < 1.29 is 14.4 Å². The fraction of sp³-hybridized carbons (Fsp3) is 0.348. The molecule has 0 aliphatic heterocycles. The van der Waals surface area contributed by atoms with Crippen LogP contribution >= 0.6 is 0 Å². The Morgan fingerprint density at radius 1 is 1.04 bits per heavy atom. The van der Waals surface area contributed by atoms with Gasteiger partial charge in [0, 0.05) is 36.8 Å². The highest BCUT2D eigenvalue weighted by molar-refractivity contribution is 5.98. The van der Waals surface area contributed by atoms with Crippen LogP contribution < -0.4 is 10.2 Å². The third kappa shape index (κ3) is 5.28. The molecule has 0 unspecified atom stereocenters. The maximum absolute atomic E-state index is 12.6. The van der Waals surface area contributed by atoms with Crippen LogP contribution in [0.5, 0.6) is 0 Å². The summed E-state index contributed by atoms with van der Waals surface area (Å²) in [5.74, 6) is -0.0977. The van der Waals surface area contributed by atoms with Crippen molar-refractivity contribution in [3.05, 3.63) is 59.2 Å². The summed E-state index contributed by atoms with van der Waals surface area (Å²) in [6.07, 6.45) is 0.162. The molecule has 0 radical (unpaired) electrons. The second kappa shape index (κ2) is 9.31. The molecular weight excluding hydrogens is 352 g/mol. The Balaban J connectivity index is 2.13. The third-order valence-electron chi connectivity index (χ3n) is 4.70. The Labute approximate surface area is 166 Å². The minimum atomic E-state index is -0.174. The maximum atomic E-state index is 12.6. The van der Waals surface area contributed by atoms with Crippen molar-refractivity contribution in [1.29, 1.82) is 0 Å². The third-order valence-corrected chi connectivity index (χ3v) is 4.70. The van der Waals surface area contributed by atoms with E-state index in [4.69, 9.17) is 0 Å². The molecule has 0 saturated heterocycles. The first-order chi connectivity index (χ1) is 13.2. The molecule has 2 amide bonds. The molecule has 0 aliphatic carbocycles. The molecule has 5 nitrogen and oxygen atoms in total. The van der Waals surface area contributed by atoms with Gasteiger partial charge in [-0.25, -0.2) is 0 Å². The van der Waals surface area contributed by atoms with Crippen molar-refractivity contribution >= 4 is 29.0 Å². The zero-order valence-corrected chi connectivity index (χ0v) is 17.2. The number of amides is 2. The lowest BCUT2D eigenvalue weighted by Gasteiger charge is -2.22. The molecule has 5 heteroatoms.